The fourth-order valence-electron chi connectivity index (χ4n) is 3.23. The molecule has 1 aliphatic carbocycles. The van der Waals surface area contributed by atoms with Crippen molar-refractivity contribution in [1.82, 2.24) is 4.57 Å². The summed E-state index contributed by atoms with van der Waals surface area (Å²) in [5.41, 5.74) is 4.91. The van der Waals surface area contributed by atoms with Crippen LogP contribution in [0.5, 0.6) is 0 Å². The van der Waals surface area contributed by atoms with Crippen molar-refractivity contribution in [2.24, 2.45) is 7.05 Å². The number of aryl methyl sites for hydroxylation is 1. The number of hydrogen-bond acceptors (Lipinski definition) is 2. The molecule has 23 heavy (non-hydrogen) atoms. The second kappa shape index (κ2) is 5.39. The third-order valence-corrected chi connectivity index (χ3v) is 4.32. The molecule has 0 saturated heterocycles. The number of rotatable bonds is 2. The maximum Gasteiger partial charge on any atom is 0.511 e. The molecule has 0 unspecified atom stereocenters. The van der Waals surface area contributed by atoms with Gasteiger partial charge in [-0.1, -0.05) is 48.5 Å². The first-order valence-electron chi connectivity index (χ1n) is 7.62. The second-order valence-electron chi connectivity index (χ2n) is 5.79. The third-order valence-electron chi connectivity index (χ3n) is 4.32. The first-order chi connectivity index (χ1) is 11.2. The van der Waals surface area contributed by atoms with Crippen molar-refractivity contribution in [3.63, 3.8) is 0 Å². The van der Waals surface area contributed by atoms with Crippen LogP contribution in [-0.2, 0) is 11.8 Å². The topological polar surface area (TPSA) is 35.1 Å². The maximum atomic E-state index is 12.2. The third kappa shape index (κ3) is 2.32. The van der Waals surface area contributed by atoms with E-state index in [2.05, 4.69) is 24.3 Å². The molecule has 0 bridgehead atoms. The van der Waals surface area contributed by atoms with Crippen LogP contribution in [0.1, 0.15) is 17.0 Å². The van der Waals surface area contributed by atoms with Gasteiger partial charge in [0.15, 0.2) is 0 Å². The Morgan fingerprint density at radius 3 is 2.26 bits per heavy atom. The number of nitrogens with zero attached hydrogens (tertiary/aromatic N) is 2. The molecule has 0 N–H and O–H groups in total. The number of ether oxygens (including phenoxy) is 1. The molecule has 1 aromatic heterocycles. The molecule has 0 fully saturated rings. The maximum absolute atomic E-state index is 12.2. The molecular formula is C19H17N2O2+. The van der Waals surface area contributed by atoms with Gasteiger partial charge in [0.1, 0.15) is 19.0 Å². The Bertz CT molecular complexity index is 837. The minimum Gasteiger partial charge on any atom is -0.430 e. The van der Waals surface area contributed by atoms with E-state index in [0.29, 0.717) is 6.61 Å². The van der Waals surface area contributed by atoms with Crippen molar-refractivity contribution in [3.05, 3.63) is 78.4 Å². The summed E-state index contributed by atoms with van der Waals surface area (Å²) in [4.78, 5) is 12.2. The van der Waals surface area contributed by atoms with Crippen molar-refractivity contribution >= 4 is 6.09 Å². The molecule has 4 heteroatoms. The Morgan fingerprint density at radius 2 is 1.70 bits per heavy atom. The molecule has 3 aromatic rings. The Hall–Kier alpha value is -2.88. The molecule has 2 aromatic carbocycles. The summed E-state index contributed by atoms with van der Waals surface area (Å²) in [6.45, 7) is 0.342. The molecule has 114 valence electrons. The number of hydrogen-bond donors (Lipinski definition) is 0. The van der Waals surface area contributed by atoms with E-state index in [-0.39, 0.29) is 12.0 Å². The zero-order valence-electron chi connectivity index (χ0n) is 12.8. The fourth-order valence-corrected chi connectivity index (χ4v) is 3.23. The van der Waals surface area contributed by atoms with Crippen LogP contribution in [0.2, 0.25) is 0 Å². The lowest BCUT2D eigenvalue weighted by Crippen LogP contribution is -2.41. The van der Waals surface area contributed by atoms with Crippen molar-refractivity contribution in [1.29, 1.82) is 0 Å². The highest BCUT2D eigenvalue weighted by Gasteiger charge is 2.29. The number of benzene rings is 2. The van der Waals surface area contributed by atoms with E-state index in [1.807, 2.05) is 31.3 Å². The van der Waals surface area contributed by atoms with E-state index in [1.54, 1.807) is 23.3 Å². The quantitative estimate of drug-likeness (QED) is 0.682. The Morgan fingerprint density at radius 1 is 1.09 bits per heavy atom. The highest BCUT2D eigenvalue weighted by Crippen LogP contribution is 2.44. The molecule has 1 heterocycles. The molecule has 0 radical (unpaired) electrons. The minimum absolute atomic E-state index is 0.0932. The van der Waals surface area contributed by atoms with Crippen LogP contribution in [-0.4, -0.2) is 17.3 Å². The average molecular weight is 305 g/mol. The standard InChI is InChI=1S/C19H17N2O2/c1-20-10-11-21(13-20)19(22)23-12-18-16-8-4-2-6-14(16)15-7-3-5-9-17(15)18/h2-11,13,18H,12H2,1H3/q+1. The van der Waals surface area contributed by atoms with Gasteiger partial charge in [-0.05, 0) is 22.3 Å². The lowest BCUT2D eigenvalue weighted by molar-refractivity contribution is -0.585. The van der Waals surface area contributed by atoms with Gasteiger partial charge < -0.3 is 4.74 Å². The molecule has 0 aliphatic heterocycles. The Labute approximate surface area is 134 Å². The normalized spacial score (nSPS) is 12.7. The highest BCUT2D eigenvalue weighted by atomic mass is 16.5. The van der Waals surface area contributed by atoms with E-state index in [1.165, 1.54) is 26.8 Å². The van der Waals surface area contributed by atoms with E-state index in [0.717, 1.165) is 0 Å². The van der Waals surface area contributed by atoms with Crippen LogP contribution in [0.3, 0.4) is 0 Å². The molecule has 0 spiro atoms. The number of aromatic nitrogens is 2. The number of imidazole rings is 1. The number of carbonyl (C=O) groups is 1. The highest BCUT2D eigenvalue weighted by molar-refractivity contribution is 5.78. The summed E-state index contributed by atoms with van der Waals surface area (Å²) < 4.78 is 8.81. The van der Waals surface area contributed by atoms with E-state index < -0.39 is 0 Å². The number of carbonyl (C=O) groups excluding carboxylic acids is 1. The van der Waals surface area contributed by atoms with E-state index in [9.17, 15) is 4.79 Å². The van der Waals surface area contributed by atoms with Gasteiger partial charge >= 0.3 is 6.09 Å². The molecule has 0 amide bonds. The lowest BCUT2D eigenvalue weighted by Gasteiger charge is -2.12. The predicted molar refractivity (Wildman–Crippen MR) is 86.1 cm³/mol. The molecule has 4 rings (SSSR count). The summed E-state index contributed by atoms with van der Waals surface area (Å²) in [6, 6.07) is 16.6. The summed E-state index contributed by atoms with van der Waals surface area (Å²) >= 11 is 0. The minimum atomic E-state index is -0.354. The predicted octanol–water partition coefficient (Wildman–Crippen LogP) is 3.11. The largest absolute Gasteiger partial charge is 0.511 e. The summed E-state index contributed by atoms with van der Waals surface area (Å²) in [6.07, 6.45) is 4.84. The average Bonchev–Trinajstić information content (AvgIpc) is 3.15. The van der Waals surface area contributed by atoms with Crippen molar-refractivity contribution in [2.45, 2.75) is 5.92 Å². The van der Waals surface area contributed by atoms with Crippen LogP contribution in [0, 0.1) is 0 Å². The number of fused-ring (bicyclic) bond motifs is 3. The van der Waals surface area contributed by atoms with Crippen LogP contribution in [0.15, 0.2) is 67.3 Å². The van der Waals surface area contributed by atoms with Crippen LogP contribution < -0.4 is 4.57 Å². The van der Waals surface area contributed by atoms with E-state index >= 15 is 0 Å². The first kappa shape index (κ1) is 13.8. The monoisotopic (exact) mass is 305 g/mol. The van der Waals surface area contributed by atoms with Gasteiger partial charge in [-0.3, -0.25) is 0 Å². The SMILES string of the molecule is Cn1cc[n+](C(=O)OCC2c3ccccc3-c3ccccc32)c1. The van der Waals surface area contributed by atoms with Gasteiger partial charge in [-0.2, -0.15) is 4.79 Å². The van der Waals surface area contributed by atoms with Gasteiger partial charge in [0.25, 0.3) is 6.33 Å². The second-order valence-corrected chi connectivity index (χ2v) is 5.79. The van der Waals surface area contributed by atoms with E-state index in [4.69, 9.17) is 4.74 Å². The van der Waals surface area contributed by atoms with Crippen LogP contribution in [0.4, 0.5) is 4.79 Å². The van der Waals surface area contributed by atoms with Gasteiger partial charge in [0, 0.05) is 5.92 Å². The van der Waals surface area contributed by atoms with Crippen molar-refractivity contribution in [3.8, 4) is 11.1 Å². The Kier molecular flexibility index (Phi) is 3.23. The molecule has 1 aliphatic rings. The molecule has 4 nitrogen and oxygen atoms in total. The fraction of sp³-hybridized carbons (Fsp3) is 0.158. The van der Waals surface area contributed by atoms with Crippen LogP contribution in [0.25, 0.3) is 11.1 Å². The Balaban J connectivity index is 1.61. The zero-order chi connectivity index (χ0) is 15.8. The first-order valence-corrected chi connectivity index (χ1v) is 7.62. The summed E-state index contributed by atoms with van der Waals surface area (Å²) in [5, 5.41) is 0. The van der Waals surface area contributed by atoms with Crippen molar-refractivity contribution < 1.29 is 14.1 Å². The van der Waals surface area contributed by atoms with Gasteiger partial charge in [-0.15, -0.1) is 4.57 Å². The van der Waals surface area contributed by atoms with Gasteiger partial charge in [0.2, 0.25) is 0 Å². The molecular weight excluding hydrogens is 288 g/mol. The summed E-state index contributed by atoms with van der Waals surface area (Å²) in [7, 11) is 1.87. The van der Waals surface area contributed by atoms with Crippen LogP contribution >= 0.6 is 0 Å². The summed E-state index contributed by atoms with van der Waals surface area (Å²) in [5.74, 6) is 0.0932. The lowest BCUT2D eigenvalue weighted by atomic mass is 9.98. The van der Waals surface area contributed by atoms with Crippen molar-refractivity contribution in [2.75, 3.05) is 6.61 Å². The van der Waals surface area contributed by atoms with Gasteiger partial charge in [-0.25, -0.2) is 4.57 Å². The smallest absolute Gasteiger partial charge is 0.430 e. The molecule has 0 atom stereocenters. The zero-order valence-corrected chi connectivity index (χ0v) is 12.8. The molecule has 0 saturated carbocycles. The van der Waals surface area contributed by atoms with Gasteiger partial charge in [0.05, 0.1) is 7.05 Å².